The number of Topliss-reactive ketones (excluding diaryl/α,β-unsaturated/α-hetero) is 1. The Hall–Kier alpha value is -5.21. The molecule has 0 saturated carbocycles. The van der Waals surface area contributed by atoms with Gasteiger partial charge in [-0.1, -0.05) is 36.4 Å². The highest BCUT2D eigenvalue weighted by atomic mass is 32.2. The predicted molar refractivity (Wildman–Crippen MR) is 234 cm³/mol. The number of para-hydroxylation sites is 2. The summed E-state index contributed by atoms with van der Waals surface area (Å²) in [5.74, 6) is -0.904. The minimum absolute atomic E-state index is 0.0366. The third-order valence-electron chi connectivity index (χ3n) is 10.6. The standard InChI is InChI=1S/C22H25F2N5O3S.C21H28N4O3S/c23-20(24)22-27-26-21(32-22)17-9-10-18(25-15-17)16-29(19-7-2-1-3-8-19)33(30,31)14-6-13-28-11-4-5-12-28;22-15-21(26)18-9-10-19(23-16-18)17-25(20-7-2-1-3-8-20)29(27,28)14-6-13-24-11-4-5-12-24/h1-3,7-10,15,20H,4-6,11-14,16H2;1-3,7-10,16H,4-6,11-15,17,22H2. The van der Waals surface area contributed by atoms with Crippen molar-refractivity contribution >= 4 is 37.2 Å². The maximum absolute atomic E-state index is 13.2. The average molecular weight is 894 g/mol. The molecule has 0 amide bonds. The van der Waals surface area contributed by atoms with Crippen molar-refractivity contribution in [2.75, 3.05) is 65.9 Å². The Morgan fingerprint density at radius 3 is 1.56 bits per heavy atom. The Morgan fingerprint density at radius 2 is 1.16 bits per heavy atom. The van der Waals surface area contributed by atoms with Crippen molar-refractivity contribution in [3.8, 4) is 11.5 Å². The first-order valence-electron chi connectivity index (χ1n) is 20.7. The molecule has 0 radical (unpaired) electrons. The number of hydrogen-bond acceptors (Lipinski definition) is 13. The van der Waals surface area contributed by atoms with Gasteiger partial charge < -0.3 is 20.0 Å². The molecule has 2 N–H and O–H groups in total. The lowest BCUT2D eigenvalue weighted by molar-refractivity contribution is 0.100. The van der Waals surface area contributed by atoms with E-state index < -0.39 is 32.4 Å². The third kappa shape index (κ3) is 13.2. The Labute approximate surface area is 362 Å². The number of aromatic nitrogens is 4. The zero-order valence-corrected chi connectivity index (χ0v) is 36.1. The maximum Gasteiger partial charge on any atom is 0.314 e. The molecule has 0 spiro atoms. The highest BCUT2D eigenvalue weighted by molar-refractivity contribution is 7.93. The summed E-state index contributed by atoms with van der Waals surface area (Å²) in [7, 11) is -7.11. The van der Waals surface area contributed by atoms with Gasteiger partial charge in [0.2, 0.25) is 25.9 Å². The molecule has 2 aliphatic rings. The summed E-state index contributed by atoms with van der Waals surface area (Å²) in [5, 5.41) is 6.91. The van der Waals surface area contributed by atoms with E-state index in [1.807, 2.05) is 24.3 Å². The zero-order chi connectivity index (χ0) is 44.0. The van der Waals surface area contributed by atoms with Crippen LogP contribution in [0.15, 0.2) is 102 Å². The molecule has 3 aromatic heterocycles. The fraction of sp³-hybridized carbons (Fsp3) is 0.419. The van der Waals surface area contributed by atoms with Crippen LogP contribution in [0.3, 0.4) is 0 Å². The number of sulfonamides is 2. The Kier molecular flexibility index (Phi) is 16.6. The number of nitrogens with two attached hydrogens (primary N) is 1. The molecular weight excluding hydrogens is 841 g/mol. The smallest absolute Gasteiger partial charge is 0.314 e. The molecule has 2 fully saturated rings. The Morgan fingerprint density at radius 1 is 0.677 bits per heavy atom. The highest BCUT2D eigenvalue weighted by Gasteiger charge is 2.26. The molecular formula is C43H53F2N9O6S2. The predicted octanol–water partition coefficient (Wildman–Crippen LogP) is 5.94. The molecule has 19 heteroatoms. The Balaban J connectivity index is 0.000000209. The number of anilines is 2. The molecule has 0 bridgehead atoms. The summed E-state index contributed by atoms with van der Waals surface area (Å²) in [6.45, 7) is 5.81. The molecule has 7 rings (SSSR count). The minimum Gasteiger partial charge on any atom is -0.415 e. The first-order valence-corrected chi connectivity index (χ1v) is 23.9. The topological polar surface area (TPSA) is 189 Å². The second-order valence-electron chi connectivity index (χ2n) is 15.1. The first-order chi connectivity index (χ1) is 29.9. The van der Waals surface area contributed by atoms with Crippen molar-refractivity contribution in [3.63, 3.8) is 0 Å². The number of rotatable bonds is 20. The summed E-state index contributed by atoms with van der Waals surface area (Å²) in [6, 6.07) is 24.5. The number of halogens is 2. The van der Waals surface area contributed by atoms with E-state index in [9.17, 15) is 30.4 Å². The molecule has 2 saturated heterocycles. The summed E-state index contributed by atoms with van der Waals surface area (Å²) >= 11 is 0. The Bertz CT molecular complexity index is 2370. The number of likely N-dealkylation sites (tertiary alicyclic amines) is 2. The number of hydrogen-bond donors (Lipinski definition) is 1. The van der Waals surface area contributed by atoms with Gasteiger partial charge >= 0.3 is 6.43 Å². The number of benzene rings is 2. The number of alkyl halides is 2. The molecule has 5 heterocycles. The van der Waals surface area contributed by atoms with Gasteiger partial charge in [0, 0.05) is 18.0 Å². The van der Waals surface area contributed by atoms with Gasteiger partial charge in [-0.3, -0.25) is 23.4 Å². The van der Waals surface area contributed by atoms with Crippen LogP contribution in [-0.4, -0.2) is 110 Å². The maximum atomic E-state index is 13.2. The van der Waals surface area contributed by atoms with Crippen LogP contribution >= 0.6 is 0 Å². The zero-order valence-electron chi connectivity index (χ0n) is 34.5. The summed E-state index contributed by atoms with van der Waals surface area (Å²) in [4.78, 5) is 24.9. The van der Waals surface area contributed by atoms with Crippen LogP contribution in [-0.2, 0) is 33.1 Å². The van der Waals surface area contributed by atoms with Crippen molar-refractivity contribution in [2.24, 2.45) is 5.73 Å². The third-order valence-corrected chi connectivity index (χ3v) is 14.2. The van der Waals surface area contributed by atoms with Crippen molar-refractivity contribution in [1.82, 2.24) is 30.0 Å². The van der Waals surface area contributed by atoms with E-state index >= 15 is 0 Å². The second-order valence-corrected chi connectivity index (χ2v) is 19.1. The van der Waals surface area contributed by atoms with Gasteiger partial charge in [-0.25, -0.2) is 16.8 Å². The first kappa shape index (κ1) is 46.3. The number of nitrogens with zero attached hydrogens (tertiary/aromatic N) is 8. The van der Waals surface area contributed by atoms with Gasteiger partial charge in [0.1, 0.15) is 0 Å². The van der Waals surface area contributed by atoms with Crippen LogP contribution in [0.4, 0.5) is 20.2 Å². The molecule has 2 aromatic carbocycles. The van der Waals surface area contributed by atoms with Gasteiger partial charge in [0.25, 0.3) is 5.89 Å². The summed E-state index contributed by atoms with van der Waals surface area (Å²) in [6.07, 6.45) is 5.87. The van der Waals surface area contributed by atoms with E-state index in [4.69, 9.17) is 10.2 Å². The van der Waals surface area contributed by atoms with E-state index in [1.165, 1.54) is 33.8 Å². The molecule has 62 heavy (non-hydrogen) atoms. The van der Waals surface area contributed by atoms with Gasteiger partial charge in [0.15, 0.2) is 5.78 Å². The van der Waals surface area contributed by atoms with Gasteiger partial charge in [-0.05, 0) is 126 Å². The largest absolute Gasteiger partial charge is 0.415 e. The molecule has 0 atom stereocenters. The number of carbonyl (C=O) groups excluding carboxylic acids is 1. The van der Waals surface area contributed by atoms with Crippen LogP contribution in [0.1, 0.15) is 72.6 Å². The molecule has 0 unspecified atom stereocenters. The van der Waals surface area contributed by atoms with Crippen molar-refractivity contribution in [3.05, 3.63) is 120 Å². The monoisotopic (exact) mass is 893 g/mol. The fourth-order valence-corrected chi connectivity index (χ4v) is 10.2. The van der Waals surface area contributed by atoms with Crippen molar-refractivity contribution < 1.29 is 34.8 Å². The van der Waals surface area contributed by atoms with E-state index in [0.717, 1.165) is 52.1 Å². The lowest BCUT2D eigenvalue weighted by Crippen LogP contribution is -2.34. The van der Waals surface area contributed by atoms with Crippen LogP contribution in [0.5, 0.6) is 0 Å². The molecule has 332 valence electrons. The molecule has 0 aliphatic carbocycles. The van der Waals surface area contributed by atoms with Crippen molar-refractivity contribution in [1.29, 1.82) is 0 Å². The molecule has 15 nitrogen and oxygen atoms in total. The van der Waals surface area contributed by atoms with Gasteiger partial charge in [0.05, 0.1) is 59.5 Å². The lowest BCUT2D eigenvalue weighted by atomic mass is 10.2. The normalized spacial score (nSPS) is 14.8. The highest BCUT2D eigenvalue weighted by Crippen LogP contribution is 2.26. The van der Waals surface area contributed by atoms with Gasteiger partial charge in [-0.15, -0.1) is 10.2 Å². The lowest BCUT2D eigenvalue weighted by Gasteiger charge is -2.25. The van der Waals surface area contributed by atoms with E-state index in [1.54, 1.807) is 60.7 Å². The SMILES string of the molecule is NCC(=O)c1ccc(CN(c2ccccc2)S(=O)(=O)CCCN2CCCC2)nc1.O=S(=O)(CCCN1CCCC1)N(Cc1ccc(-c2nnc(C(F)F)o2)cn1)c1ccccc1. The fourth-order valence-electron chi connectivity index (χ4n) is 7.24. The molecule has 5 aromatic rings. The van der Waals surface area contributed by atoms with Crippen LogP contribution in [0, 0.1) is 0 Å². The van der Waals surface area contributed by atoms with Gasteiger partial charge in [-0.2, -0.15) is 8.78 Å². The minimum atomic E-state index is -3.59. The number of pyridine rings is 2. The van der Waals surface area contributed by atoms with Crippen LogP contribution < -0.4 is 14.3 Å². The van der Waals surface area contributed by atoms with Crippen molar-refractivity contribution in [2.45, 2.75) is 58.0 Å². The van der Waals surface area contributed by atoms with Crippen LogP contribution in [0.2, 0.25) is 0 Å². The van der Waals surface area contributed by atoms with E-state index in [-0.39, 0.29) is 42.8 Å². The average Bonchev–Trinajstić information content (AvgIpc) is 4.11. The van der Waals surface area contributed by atoms with Crippen LogP contribution in [0.25, 0.3) is 11.5 Å². The summed E-state index contributed by atoms with van der Waals surface area (Å²) in [5.41, 5.74) is 8.42. The van der Waals surface area contributed by atoms with E-state index in [2.05, 4.69) is 30.0 Å². The molecule has 2 aliphatic heterocycles. The number of carbonyl (C=O) groups is 1. The summed E-state index contributed by atoms with van der Waals surface area (Å²) < 4.78 is 85.8. The quantitative estimate of drug-likeness (QED) is 0.0906. The second kappa shape index (κ2) is 22.2. The van der Waals surface area contributed by atoms with E-state index in [0.29, 0.717) is 46.7 Å². The number of ketones is 1.